The lowest BCUT2D eigenvalue weighted by Gasteiger charge is -2.32. The Morgan fingerprint density at radius 3 is 2.15 bits per heavy atom. The van der Waals surface area contributed by atoms with E-state index in [0.717, 1.165) is 16.7 Å². The minimum atomic E-state index is -0.617. The van der Waals surface area contributed by atoms with Crippen LogP contribution in [0.15, 0.2) is 109 Å². The molecule has 1 saturated heterocycles. The van der Waals surface area contributed by atoms with Crippen molar-refractivity contribution in [3.63, 3.8) is 0 Å². The number of fused-ring (bicyclic) bond motifs is 2. The number of amides is 2. The van der Waals surface area contributed by atoms with Crippen LogP contribution in [-0.2, 0) is 11.3 Å². The van der Waals surface area contributed by atoms with Crippen molar-refractivity contribution in [1.82, 2.24) is 19.8 Å². The van der Waals surface area contributed by atoms with Gasteiger partial charge in [0, 0.05) is 36.9 Å². The normalized spacial score (nSPS) is 13.7. The first-order chi connectivity index (χ1) is 25.5. The second-order valence-electron chi connectivity index (χ2n) is 14.1. The fourth-order valence-corrected chi connectivity index (χ4v) is 6.64. The number of alkyl carbamates (subject to hydrolysis) is 1. The fraction of sp³-hybridized carbons (Fsp3) is 0.262. The van der Waals surface area contributed by atoms with Crippen molar-refractivity contribution in [2.45, 2.75) is 57.9 Å². The Morgan fingerprint density at radius 1 is 0.887 bits per heavy atom. The van der Waals surface area contributed by atoms with E-state index in [1.165, 1.54) is 12.1 Å². The van der Waals surface area contributed by atoms with Crippen molar-refractivity contribution in [3.05, 3.63) is 132 Å². The maximum Gasteiger partial charge on any atom is 0.415 e. The van der Waals surface area contributed by atoms with Gasteiger partial charge in [-0.1, -0.05) is 72.8 Å². The van der Waals surface area contributed by atoms with Gasteiger partial charge in [-0.15, -0.1) is 0 Å². The summed E-state index contributed by atoms with van der Waals surface area (Å²) in [6.45, 7) is 6.33. The molecule has 0 aliphatic carbocycles. The minimum Gasteiger partial charge on any atom is -0.494 e. The number of halogens is 1. The lowest BCUT2D eigenvalue weighted by Crippen LogP contribution is -2.48. The average Bonchev–Trinajstić information content (AvgIpc) is 3.47. The van der Waals surface area contributed by atoms with Crippen molar-refractivity contribution >= 4 is 33.9 Å². The number of aromatic hydroxyl groups is 1. The minimum absolute atomic E-state index is 0.127. The number of rotatable bonds is 8. The van der Waals surface area contributed by atoms with Gasteiger partial charge in [0.05, 0.1) is 17.3 Å². The lowest BCUT2D eigenvalue weighted by atomic mass is 10.0. The zero-order valence-electron chi connectivity index (χ0n) is 29.8. The number of benzene rings is 4. The number of pyridine rings is 1. The number of carbonyl (C=O) groups is 2. The highest BCUT2D eigenvalue weighted by Gasteiger charge is 2.31. The summed E-state index contributed by atoms with van der Waals surface area (Å²) >= 11 is 0. The van der Waals surface area contributed by atoms with E-state index in [-0.39, 0.29) is 30.0 Å². The molecule has 10 nitrogen and oxygen atoms in total. The van der Waals surface area contributed by atoms with Crippen molar-refractivity contribution < 1.29 is 33.3 Å². The quantitative estimate of drug-likeness (QED) is 0.162. The molecule has 4 aromatic carbocycles. The molecule has 11 heteroatoms. The number of nitrogens with one attached hydrogen (secondary N) is 1. The topological polar surface area (TPSA) is 115 Å². The number of piperidine rings is 1. The maximum absolute atomic E-state index is 13.9. The molecule has 6 aromatic rings. The standard InChI is InChI=1S/C42H41FN4O6/c1-42(2,3)53-40(49)45-31-20-23-46(24-21-31)41(50)52-37-32-15-10-22-44-35(32)38(51-36(28-11-6-4-7-12-28)29-13-8-5-9-14-29)34-33(37)26-47(39(34)48)25-27-16-18-30(43)19-17-27/h4-19,22,26,31,36,48H,20-21,23-25H2,1-3H3,(H,45,49). The predicted molar refractivity (Wildman–Crippen MR) is 200 cm³/mol. The molecular formula is C42H41FN4O6. The van der Waals surface area contributed by atoms with Gasteiger partial charge in [0.2, 0.25) is 5.88 Å². The van der Waals surface area contributed by atoms with E-state index in [9.17, 15) is 19.1 Å². The molecule has 0 atom stereocenters. The molecule has 7 rings (SSSR count). The lowest BCUT2D eigenvalue weighted by molar-refractivity contribution is 0.0482. The zero-order chi connectivity index (χ0) is 37.1. The third kappa shape index (κ3) is 7.89. The van der Waals surface area contributed by atoms with Crippen molar-refractivity contribution in [3.8, 4) is 17.4 Å². The molecule has 272 valence electrons. The molecule has 2 N–H and O–H groups in total. The summed E-state index contributed by atoms with van der Waals surface area (Å²) in [4.78, 5) is 32.5. The van der Waals surface area contributed by atoms with Crippen LogP contribution in [0.4, 0.5) is 14.0 Å². The van der Waals surface area contributed by atoms with Gasteiger partial charge >= 0.3 is 12.2 Å². The highest BCUT2D eigenvalue weighted by Crippen LogP contribution is 2.48. The van der Waals surface area contributed by atoms with Crippen LogP contribution in [0.1, 0.15) is 56.4 Å². The first-order valence-corrected chi connectivity index (χ1v) is 17.6. The summed E-state index contributed by atoms with van der Waals surface area (Å²) in [5.41, 5.74) is 2.31. The Balaban J connectivity index is 1.28. The third-order valence-electron chi connectivity index (χ3n) is 9.16. The highest BCUT2D eigenvalue weighted by atomic mass is 19.1. The Hall–Kier alpha value is -6.10. The molecule has 2 amide bonds. The molecule has 1 aliphatic rings. The Labute approximate surface area is 306 Å². The first kappa shape index (κ1) is 35.3. The van der Waals surface area contributed by atoms with Gasteiger partial charge in [0.1, 0.15) is 23.0 Å². The average molecular weight is 717 g/mol. The molecule has 3 heterocycles. The molecule has 0 saturated carbocycles. The summed E-state index contributed by atoms with van der Waals surface area (Å²) in [5, 5.41) is 16.1. The van der Waals surface area contributed by atoms with Crippen LogP contribution in [0, 0.1) is 5.82 Å². The van der Waals surface area contributed by atoms with E-state index in [4.69, 9.17) is 19.2 Å². The van der Waals surface area contributed by atoms with Crippen molar-refractivity contribution in [1.29, 1.82) is 0 Å². The monoisotopic (exact) mass is 716 g/mol. The van der Waals surface area contributed by atoms with Crippen LogP contribution in [0.3, 0.4) is 0 Å². The van der Waals surface area contributed by atoms with Gasteiger partial charge < -0.3 is 34.1 Å². The van der Waals surface area contributed by atoms with Crippen LogP contribution in [0.25, 0.3) is 21.7 Å². The number of aromatic nitrogens is 2. The number of hydrogen-bond donors (Lipinski definition) is 2. The van der Waals surface area contributed by atoms with Gasteiger partial charge in [-0.25, -0.2) is 14.0 Å². The summed E-state index contributed by atoms with van der Waals surface area (Å²) in [5.74, 6) is 0.0459. The molecule has 0 spiro atoms. The highest BCUT2D eigenvalue weighted by molar-refractivity contribution is 6.12. The van der Waals surface area contributed by atoms with Gasteiger partial charge in [-0.3, -0.25) is 4.98 Å². The smallest absolute Gasteiger partial charge is 0.415 e. The summed E-state index contributed by atoms with van der Waals surface area (Å²) in [6.07, 6.45) is 2.75. The molecule has 0 bridgehead atoms. The largest absolute Gasteiger partial charge is 0.494 e. The number of carbonyl (C=O) groups excluding carboxylic acids is 2. The predicted octanol–water partition coefficient (Wildman–Crippen LogP) is 8.74. The number of likely N-dealkylation sites (tertiary alicyclic amines) is 1. The van der Waals surface area contributed by atoms with Crippen LogP contribution in [0.5, 0.6) is 17.4 Å². The van der Waals surface area contributed by atoms with E-state index in [1.54, 1.807) is 40.1 Å². The van der Waals surface area contributed by atoms with E-state index in [0.29, 0.717) is 53.4 Å². The molecule has 0 unspecified atom stereocenters. The molecule has 53 heavy (non-hydrogen) atoms. The van der Waals surface area contributed by atoms with E-state index >= 15 is 0 Å². The SMILES string of the molecule is CC(C)(C)OC(=O)NC1CCN(C(=O)Oc2c3cccnc3c(OC(c3ccccc3)c3ccccc3)c3c(O)n(Cc4ccc(F)cc4)cc23)CC1. The van der Waals surface area contributed by atoms with Crippen LogP contribution >= 0.6 is 0 Å². The molecule has 0 radical (unpaired) electrons. The fourth-order valence-electron chi connectivity index (χ4n) is 6.64. The van der Waals surface area contributed by atoms with Gasteiger partial charge in [-0.05, 0) is 74.6 Å². The van der Waals surface area contributed by atoms with Crippen LogP contribution in [-0.4, -0.2) is 56.5 Å². The number of hydrogen-bond acceptors (Lipinski definition) is 7. The van der Waals surface area contributed by atoms with E-state index in [2.05, 4.69) is 5.32 Å². The first-order valence-electron chi connectivity index (χ1n) is 17.6. The van der Waals surface area contributed by atoms with E-state index in [1.807, 2.05) is 87.5 Å². The molecule has 1 fully saturated rings. The van der Waals surface area contributed by atoms with Gasteiger partial charge in [0.15, 0.2) is 11.5 Å². The number of ether oxygens (including phenoxy) is 3. The number of nitrogens with zero attached hydrogens (tertiary/aromatic N) is 3. The third-order valence-corrected chi connectivity index (χ3v) is 9.16. The molecule has 2 aromatic heterocycles. The van der Waals surface area contributed by atoms with Crippen LogP contribution in [0.2, 0.25) is 0 Å². The second kappa shape index (κ2) is 14.9. The second-order valence-corrected chi connectivity index (χ2v) is 14.1. The Bertz CT molecular complexity index is 2190. The summed E-state index contributed by atoms with van der Waals surface area (Å²) in [6, 6.07) is 29.0. The van der Waals surface area contributed by atoms with Crippen molar-refractivity contribution in [2.24, 2.45) is 0 Å². The van der Waals surface area contributed by atoms with Gasteiger partial charge in [0.25, 0.3) is 0 Å². The van der Waals surface area contributed by atoms with Crippen LogP contribution < -0.4 is 14.8 Å². The zero-order valence-corrected chi connectivity index (χ0v) is 29.8. The van der Waals surface area contributed by atoms with Gasteiger partial charge in [-0.2, -0.15) is 0 Å². The van der Waals surface area contributed by atoms with E-state index < -0.39 is 23.9 Å². The summed E-state index contributed by atoms with van der Waals surface area (Å²) in [7, 11) is 0. The Morgan fingerprint density at radius 2 is 1.53 bits per heavy atom. The van der Waals surface area contributed by atoms with Crippen molar-refractivity contribution in [2.75, 3.05) is 13.1 Å². The maximum atomic E-state index is 13.9. The summed E-state index contributed by atoms with van der Waals surface area (Å²) < 4.78 is 34.0. The molecule has 1 aliphatic heterocycles. The Kier molecular flexibility index (Phi) is 9.90. The molecular weight excluding hydrogens is 675 g/mol.